The number of morpholine rings is 1. The van der Waals surface area contributed by atoms with Gasteiger partial charge in [0.25, 0.3) is 11.8 Å². The Hall–Kier alpha value is -3.72. The molecule has 5 heterocycles. The third kappa shape index (κ3) is 3.13. The minimum Gasteiger partial charge on any atom is -0.374 e. The highest BCUT2D eigenvalue weighted by Gasteiger charge is 2.41. The molecule has 2 amide bonds. The number of aromatic amines is 2. The van der Waals surface area contributed by atoms with Crippen LogP contribution in [0.1, 0.15) is 27.3 Å². The Balaban J connectivity index is 1.25. The number of carbonyl (C=O) groups is 2. The average Bonchev–Trinajstić information content (AvgIpc) is 3.48. The lowest BCUT2D eigenvalue weighted by atomic mass is 9.97. The van der Waals surface area contributed by atoms with E-state index in [0.717, 1.165) is 21.9 Å². The van der Waals surface area contributed by atoms with Crippen LogP contribution in [-0.4, -0.2) is 80.2 Å². The van der Waals surface area contributed by atoms with Crippen molar-refractivity contribution in [1.29, 1.82) is 0 Å². The Morgan fingerprint density at radius 2 is 2.03 bits per heavy atom. The maximum Gasteiger partial charge on any atom is 0.270 e. The zero-order valence-electron chi connectivity index (χ0n) is 17.3. The molecule has 9 nitrogen and oxygen atoms in total. The molecule has 2 fully saturated rings. The molecule has 2 aliphatic rings. The summed E-state index contributed by atoms with van der Waals surface area (Å²) in [5.41, 5.74) is 3.61. The van der Waals surface area contributed by atoms with Crippen LogP contribution < -0.4 is 0 Å². The Morgan fingerprint density at radius 3 is 2.94 bits per heavy atom. The molecule has 32 heavy (non-hydrogen) atoms. The van der Waals surface area contributed by atoms with Crippen LogP contribution in [0.25, 0.3) is 21.9 Å². The number of rotatable bonds is 2. The Morgan fingerprint density at radius 1 is 1.09 bits per heavy atom. The lowest BCUT2D eigenvalue weighted by Crippen LogP contribution is -2.62. The van der Waals surface area contributed by atoms with Gasteiger partial charge in [-0.2, -0.15) is 5.10 Å². The van der Waals surface area contributed by atoms with Crippen LogP contribution in [0.4, 0.5) is 0 Å². The average molecular weight is 430 g/mol. The molecule has 0 radical (unpaired) electrons. The molecule has 0 unspecified atom stereocenters. The first-order valence-electron chi connectivity index (χ1n) is 10.8. The van der Waals surface area contributed by atoms with E-state index >= 15 is 0 Å². The van der Waals surface area contributed by atoms with E-state index in [-0.39, 0.29) is 24.0 Å². The van der Waals surface area contributed by atoms with Gasteiger partial charge in [-0.1, -0.05) is 0 Å². The molecular weight excluding hydrogens is 408 g/mol. The fraction of sp³-hybridized carbons (Fsp3) is 0.304. The molecule has 2 atom stereocenters. The van der Waals surface area contributed by atoms with Gasteiger partial charge in [0.1, 0.15) is 5.69 Å². The summed E-state index contributed by atoms with van der Waals surface area (Å²) in [6.45, 7) is 2.03. The summed E-state index contributed by atoms with van der Waals surface area (Å²) in [5, 5.41) is 7.84. The van der Waals surface area contributed by atoms with Gasteiger partial charge >= 0.3 is 0 Å². The first-order chi connectivity index (χ1) is 15.7. The smallest absolute Gasteiger partial charge is 0.270 e. The van der Waals surface area contributed by atoms with Crippen LogP contribution in [0.2, 0.25) is 0 Å². The Labute approximate surface area is 183 Å². The summed E-state index contributed by atoms with van der Waals surface area (Å²) in [5.74, 6) is -0.130. The van der Waals surface area contributed by atoms with Gasteiger partial charge in [-0.05, 0) is 42.8 Å². The van der Waals surface area contributed by atoms with E-state index in [1.165, 1.54) is 0 Å². The number of ether oxygens (including phenoxy) is 1. The summed E-state index contributed by atoms with van der Waals surface area (Å²) in [6, 6.07) is 10.9. The minimum absolute atomic E-state index is 0.0458. The van der Waals surface area contributed by atoms with E-state index in [1.807, 2.05) is 35.2 Å². The highest BCUT2D eigenvalue weighted by Crippen LogP contribution is 2.27. The highest BCUT2D eigenvalue weighted by molar-refractivity contribution is 5.99. The second-order valence-electron chi connectivity index (χ2n) is 8.31. The summed E-state index contributed by atoms with van der Waals surface area (Å²) in [7, 11) is 0. The molecular formula is C23H22N6O3. The number of amides is 2. The molecule has 2 saturated heterocycles. The number of aromatic nitrogens is 4. The Bertz CT molecular complexity index is 1290. The van der Waals surface area contributed by atoms with Crippen molar-refractivity contribution in [2.45, 2.75) is 18.6 Å². The van der Waals surface area contributed by atoms with Gasteiger partial charge in [0, 0.05) is 36.8 Å². The topological polar surface area (TPSA) is 107 Å². The number of pyridine rings is 1. The number of piperidine rings is 1. The highest BCUT2D eigenvalue weighted by atomic mass is 16.5. The number of H-pyrrole nitrogens is 2. The van der Waals surface area contributed by atoms with Crippen LogP contribution in [0, 0.1) is 0 Å². The van der Waals surface area contributed by atoms with Crippen molar-refractivity contribution < 1.29 is 14.3 Å². The molecule has 0 bridgehead atoms. The second-order valence-corrected chi connectivity index (χ2v) is 8.31. The SMILES string of the molecule is O=C(c1cc2ncccc2[nH]1)N1CC[C@@H]2OCCN(C(=O)c3ccc4[nH]ncc4c3)[C@H]2C1. The molecule has 3 aromatic heterocycles. The number of nitrogens with one attached hydrogen (secondary N) is 2. The van der Waals surface area contributed by atoms with Gasteiger partial charge in [-0.3, -0.25) is 19.7 Å². The molecule has 0 aliphatic carbocycles. The van der Waals surface area contributed by atoms with E-state index < -0.39 is 0 Å². The number of hydrogen-bond donors (Lipinski definition) is 2. The number of likely N-dealkylation sites (tertiary alicyclic amines) is 1. The first kappa shape index (κ1) is 19.0. The van der Waals surface area contributed by atoms with Crippen molar-refractivity contribution in [2.75, 3.05) is 26.2 Å². The molecule has 1 aromatic carbocycles. The van der Waals surface area contributed by atoms with E-state index in [1.54, 1.807) is 23.4 Å². The van der Waals surface area contributed by atoms with Gasteiger partial charge in [-0.15, -0.1) is 0 Å². The van der Waals surface area contributed by atoms with Gasteiger partial charge in [0.15, 0.2) is 0 Å². The normalized spacial score (nSPS) is 21.1. The lowest BCUT2D eigenvalue weighted by molar-refractivity contribution is -0.0855. The molecule has 6 rings (SSSR count). The lowest BCUT2D eigenvalue weighted by Gasteiger charge is -2.47. The van der Waals surface area contributed by atoms with Crippen LogP contribution in [0.15, 0.2) is 48.8 Å². The van der Waals surface area contributed by atoms with Gasteiger partial charge in [0.05, 0.1) is 41.5 Å². The molecule has 2 N–H and O–H groups in total. The standard InChI is InChI=1S/C23H22N6O3/c30-22(14-3-4-16-15(10-14)12-25-27-16)29-8-9-32-21-5-7-28(13-20(21)29)23(31)19-11-18-17(26-19)2-1-6-24-18/h1-4,6,10-12,20-21,26H,5,7-9,13H2,(H,25,27)/t20-,21-/m0/s1. The zero-order valence-corrected chi connectivity index (χ0v) is 17.3. The number of carbonyl (C=O) groups excluding carboxylic acids is 2. The maximum atomic E-state index is 13.4. The molecule has 0 saturated carbocycles. The monoisotopic (exact) mass is 430 g/mol. The molecule has 0 spiro atoms. The van der Waals surface area contributed by atoms with Crippen LogP contribution in [-0.2, 0) is 4.74 Å². The second kappa shape index (κ2) is 7.45. The molecule has 4 aromatic rings. The van der Waals surface area contributed by atoms with Gasteiger partial charge < -0.3 is 19.5 Å². The third-order valence-electron chi connectivity index (χ3n) is 6.44. The van der Waals surface area contributed by atoms with Crippen molar-refractivity contribution in [1.82, 2.24) is 30.0 Å². The number of benzene rings is 1. The fourth-order valence-electron chi connectivity index (χ4n) is 4.79. The van der Waals surface area contributed by atoms with Crippen molar-refractivity contribution in [3.05, 3.63) is 60.0 Å². The van der Waals surface area contributed by atoms with Crippen LogP contribution >= 0.6 is 0 Å². The summed E-state index contributed by atoms with van der Waals surface area (Å²) >= 11 is 0. The maximum absolute atomic E-state index is 13.4. The fourth-order valence-corrected chi connectivity index (χ4v) is 4.79. The van der Waals surface area contributed by atoms with E-state index in [2.05, 4.69) is 20.2 Å². The van der Waals surface area contributed by atoms with E-state index in [0.29, 0.717) is 43.9 Å². The number of fused-ring (bicyclic) bond motifs is 3. The number of nitrogens with zero attached hydrogens (tertiary/aromatic N) is 4. The summed E-state index contributed by atoms with van der Waals surface area (Å²) in [4.78, 5) is 37.8. The van der Waals surface area contributed by atoms with Crippen molar-refractivity contribution in [2.24, 2.45) is 0 Å². The minimum atomic E-state index is -0.184. The third-order valence-corrected chi connectivity index (χ3v) is 6.44. The summed E-state index contributed by atoms with van der Waals surface area (Å²) in [6.07, 6.45) is 4.04. The Kier molecular flexibility index (Phi) is 4.43. The predicted molar refractivity (Wildman–Crippen MR) is 117 cm³/mol. The summed E-state index contributed by atoms with van der Waals surface area (Å²) < 4.78 is 5.97. The van der Waals surface area contributed by atoms with Crippen LogP contribution in [0.5, 0.6) is 0 Å². The van der Waals surface area contributed by atoms with Crippen molar-refractivity contribution >= 4 is 33.8 Å². The van der Waals surface area contributed by atoms with E-state index in [4.69, 9.17) is 4.74 Å². The molecule has 162 valence electrons. The largest absolute Gasteiger partial charge is 0.374 e. The van der Waals surface area contributed by atoms with Crippen molar-refractivity contribution in [3.8, 4) is 0 Å². The quantitative estimate of drug-likeness (QED) is 0.507. The first-order valence-corrected chi connectivity index (χ1v) is 10.8. The van der Waals surface area contributed by atoms with E-state index in [9.17, 15) is 9.59 Å². The molecule has 2 aliphatic heterocycles. The molecule has 9 heteroatoms. The van der Waals surface area contributed by atoms with Gasteiger partial charge in [0.2, 0.25) is 0 Å². The predicted octanol–water partition coefficient (Wildman–Crippen LogP) is 2.19. The van der Waals surface area contributed by atoms with Crippen LogP contribution in [0.3, 0.4) is 0 Å². The van der Waals surface area contributed by atoms with Gasteiger partial charge in [-0.25, -0.2) is 0 Å². The number of hydrogen-bond acceptors (Lipinski definition) is 5. The van der Waals surface area contributed by atoms with Crippen molar-refractivity contribution in [3.63, 3.8) is 0 Å². The zero-order chi connectivity index (χ0) is 21.7.